The van der Waals surface area contributed by atoms with Gasteiger partial charge in [0.1, 0.15) is 0 Å². The summed E-state index contributed by atoms with van der Waals surface area (Å²) in [4.78, 5) is 2.79. The molecule has 2 heterocycles. The molecule has 3 aromatic rings. The first-order valence-electron chi connectivity index (χ1n) is 6.62. The minimum atomic E-state index is 0.230. The van der Waals surface area contributed by atoms with Crippen LogP contribution in [0.4, 0.5) is 0 Å². The third-order valence-corrected chi connectivity index (χ3v) is 5.08. The Hall–Kier alpha value is -1.54. The molecule has 19 heavy (non-hydrogen) atoms. The molecule has 0 saturated carbocycles. The van der Waals surface area contributed by atoms with Gasteiger partial charge in [-0.2, -0.15) is 0 Å². The molecular weight excluding hydrogens is 250 g/mol. The van der Waals surface area contributed by atoms with Crippen molar-refractivity contribution in [1.29, 1.82) is 0 Å². The smallest absolute Gasteiger partial charge is 0.0590 e. The second kappa shape index (κ2) is 4.24. The van der Waals surface area contributed by atoms with Crippen molar-refractivity contribution >= 4 is 22.2 Å². The second-order valence-corrected chi connectivity index (χ2v) is 7.15. The van der Waals surface area contributed by atoms with E-state index in [1.165, 1.54) is 26.4 Å². The number of thiophene rings is 1. The average molecular weight is 269 g/mol. The summed E-state index contributed by atoms with van der Waals surface area (Å²) >= 11 is 1.90. The highest BCUT2D eigenvalue weighted by molar-refractivity contribution is 7.15. The molecule has 0 bridgehead atoms. The predicted molar refractivity (Wildman–Crippen MR) is 84.9 cm³/mol. The van der Waals surface area contributed by atoms with Crippen LogP contribution in [0.25, 0.3) is 21.5 Å². The van der Waals surface area contributed by atoms with Crippen LogP contribution >= 0.6 is 11.3 Å². The molecule has 0 radical (unpaired) electrons. The normalized spacial score (nSPS) is 12.2. The van der Waals surface area contributed by atoms with Gasteiger partial charge in [0.25, 0.3) is 0 Å². The van der Waals surface area contributed by atoms with Gasteiger partial charge in [0, 0.05) is 22.8 Å². The molecule has 0 amide bonds. The summed E-state index contributed by atoms with van der Waals surface area (Å²) in [6.45, 7) is 6.80. The number of hydrogen-bond acceptors (Lipinski definition) is 1. The molecule has 0 fully saturated rings. The van der Waals surface area contributed by atoms with Crippen LogP contribution in [0.3, 0.4) is 0 Å². The van der Waals surface area contributed by atoms with Crippen molar-refractivity contribution < 1.29 is 0 Å². The van der Waals surface area contributed by atoms with Crippen molar-refractivity contribution in [2.24, 2.45) is 7.05 Å². The molecule has 98 valence electrons. The van der Waals surface area contributed by atoms with E-state index in [9.17, 15) is 0 Å². The lowest BCUT2D eigenvalue weighted by atomic mass is 9.95. The second-order valence-electron chi connectivity index (χ2n) is 6.06. The van der Waals surface area contributed by atoms with Crippen LogP contribution in [0.5, 0.6) is 0 Å². The zero-order valence-electron chi connectivity index (χ0n) is 11.9. The molecule has 0 spiro atoms. The molecular formula is C17H19NS. The zero-order valence-corrected chi connectivity index (χ0v) is 12.7. The van der Waals surface area contributed by atoms with E-state index in [1.807, 2.05) is 11.3 Å². The number of fused-ring (bicyclic) bond motifs is 1. The summed E-state index contributed by atoms with van der Waals surface area (Å²) in [5.74, 6) is 0. The fourth-order valence-corrected chi connectivity index (χ4v) is 3.52. The van der Waals surface area contributed by atoms with E-state index < -0.39 is 0 Å². The molecule has 0 aliphatic carbocycles. The Balaban J connectivity index is 2.14. The summed E-state index contributed by atoms with van der Waals surface area (Å²) in [6, 6.07) is 15.3. The highest BCUT2D eigenvalue weighted by atomic mass is 32.1. The monoisotopic (exact) mass is 269 g/mol. The summed E-state index contributed by atoms with van der Waals surface area (Å²) in [6.07, 6.45) is 0. The number of aromatic nitrogens is 1. The van der Waals surface area contributed by atoms with E-state index in [4.69, 9.17) is 0 Å². The van der Waals surface area contributed by atoms with Gasteiger partial charge in [-0.25, -0.2) is 0 Å². The Morgan fingerprint density at radius 2 is 1.74 bits per heavy atom. The molecule has 0 aliphatic heterocycles. The van der Waals surface area contributed by atoms with Crippen molar-refractivity contribution in [3.05, 3.63) is 47.3 Å². The van der Waals surface area contributed by atoms with Gasteiger partial charge in [0.15, 0.2) is 0 Å². The molecule has 0 aliphatic rings. The summed E-state index contributed by atoms with van der Waals surface area (Å²) in [5, 5.41) is 1.31. The van der Waals surface area contributed by atoms with E-state index in [-0.39, 0.29) is 5.41 Å². The van der Waals surface area contributed by atoms with Gasteiger partial charge in [0.05, 0.1) is 10.6 Å². The Morgan fingerprint density at radius 3 is 2.37 bits per heavy atom. The maximum absolute atomic E-state index is 2.29. The highest BCUT2D eigenvalue weighted by Crippen LogP contribution is 2.36. The lowest BCUT2D eigenvalue weighted by Gasteiger charge is -2.15. The van der Waals surface area contributed by atoms with Crippen LogP contribution in [0.15, 0.2) is 42.5 Å². The van der Waals surface area contributed by atoms with Crippen LogP contribution in [0, 0.1) is 0 Å². The van der Waals surface area contributed by atoms with Crippen molar-refractivity contribution in [3.8, 4) is 10.6 Å². The summed E-state index contributed by atoms with van der Waals surface area (Å²) in [5.41, 5.74) is 2.83. The largest absolute Gasteiger partial charge is 0.343 e. The van der Waals surface area contributed by atoms with E-state index in [2.05, 4.69) is 74.9 Å². The minimum absolute atomic E-state index is 0.230. The first-order valence-corrected chi connectivity index (χ1v) is 7.43. The van der Waals surface area contributed by atoms with Gasteiger partial charge in [0.2, 0.25) is 0 Å². The molecule has 0 N–H and O–H groups in total. The predicted octanol–water partition coefficient (Wildman–Crippen LogP) is 5.20. The number of aryl methyl sites for hydroxylation is 1. The van der Waals surface area contributed by atoms with Crippen molar-refractivity contribution in [2.75, 3.05) is 0 Å². The number of rotatable bonds is 1. The van der Waals surface area contributed by atoms with E-state index in [0.29, 0.717) is 0 Å². The zero-order chi connectivity index (χ0) is 13.6. The van der Waals surface area contributed by atoms with Crippen LogP contribution in [-0.4, -0.2) is 4.57 Å². The minimum Gasteiger partial charge on any atom is -0.343 e. The highest BCUT2D eigenvalue weighted by Gasteiger charge is 2.17. The molecule has 2 heteroatoms. The SMILES string of the molecule is Cn1c(-c2ccc(C(C)(C)C)s2)cc2ccccc21. The van der Waals surface area contributed by atoms with Crippen LogP contribution in [0.2, 0.25) is 0 Å². The Bertz CT molecular complexity index is 725. The summed E-state index contributed by atoms with van der Waals surface area (Å²) in [7, 11) is 2.15. The van der Waals surface area contributed by atoms with Gasteiger partial charge < -0.3 is 4.57 Å². The number of para-hydroxylation sites is 1. The molecule has 1 aromatic carbocycles. The van der Waals surface area contributed by atoms with Gasteiger partial charge in [-0.05, 0) is 29.7 Å². The first kappa shape index (κ1) is 12.5. The quantitative estimate of drug-likeness (QED) is 0.572. The molecule has 2 aromatic heterocycles. The first-order chi connectivity index (χ1) is 8.97. The van der Waals surface area contributed by atoms with E-state index >= 15 is 0 Å². The third-order valence-electron chi connectivity index (χ3n) is 3.55. The van der Waals surface area contributed by atoms with Gasteiger partial charge in [-0.3, -0.25) is 0 Å². The van der Waals surface area contributed by atoms with E-state index in [1.54, 1.807) is 0 Å². The molecule has 0 saturated heterocycles. The maximum Gasteiger partial charge on any atom is 0.0590 e. The fraction of sp³-hybridized carbons (Fsp3) is 0.294. The van der Waals surface area contributed by atoms with Crippen LogP contribution < -0.4 is 0 Å². The average Bonchev–Trinajstić information content (AvgIpc) is 2.94. The lowest BCUT2D eigenvalue weighted by molar-refractivity contribution is 0.604. The fourth-order valence-electron chi connectivity index (χ4n) is 2.40. The Morgan fingerprint density at radius 1 is 1.00 bits per heavy atom. The van der Waals surface area contributed by atoms with Crippen LogP contribution in [-0.2, 0) is 12.5 Å². The number of benzene rings is 1. The maximum atomic E-state index is 2.29. The van der Waals surface area contributed by atoms with Gasteiger partial charge in [-0.15, -0.1) is 11.3 Å². The van der Waals surface area contributed by atoms with E-state index in [0.717, 1.165) is 0 Å². The summed E-state index contributed by atoms with van der Waals surface area (Å²) < 4.78 is 2.29. The van der Waals surface area contributed by atoms with Gasteiger partial charge in [-0.1, -0.05) is 39.0 Å². The van der Waals surface area contributed by atoms with Crippen molar-refractivity contribution in [3.63, 3.8) is 0 Å². The molecule has 0 unspecified atom stereocenters. The number of nitrogens with zero attached hydrogens (tertiary/aromatic N) is 1. The molecule has 0 atom stereocenters. The Labute approximate surface area is 118 Å². The number of hydrogen-bond donors (Lipinski definition) is 0. The molecule has 3 rings (SSSR count). The topological polar surface area (TPSA) is 4.93 Å². The standard InChI is InChI=1S/C17H19NS/c1-17(2,3)16-10-9-15(19-16)14-11-12-7-5-6-8-13(12)18(14)4/h5-11H,1-4H3. The Kier molecular flexibility index (Phi) is 2.79. The lowest BCUT2D eigenvalue weighted by Crippen LogP contribution is -2.07. The molecule has 1 nitrogen and oxygen atoms in total. The van der Waals surface area contributed by atoms with Crippen molar-refractivity contribution in [2.45, 2.75) is 26.2 Å². The van der Waals surface area contributed by atoms with Crippen LogP contribution in [0.1, 0.15) is 25.6 Å². The third kappa shape index (κ3) is 2.10. The van der Waals surface area contributed by atoms with Gasteiger partial charge >= 0.3 is 0 Å². The van der Waals surface area contributed by atoms with Crippen molar-refractivity contribution in [1.82, 2.24) is 4.57 Å².